The zero-order valence-electron chi connectivity index (χ0n) is 13.5. The predicted octanol–water partition coefficient (Wildman–Crippen LogP) is 2.24. The van der Waals surface area contributed by atoms with Gasteiger partial charge in [0, 0.05) is 44.9 Å². The fourth-order valence-corrected chi connectivity index (χ4v) is 2.65. The van der Waals surface area contributed by atoms with Gasteiger partial charge in [-0.05, 0) is 32.1 Å². The van der Waals surface area contributed by atoms with Gasteiger partial charge in [0.1, 0.15) is 17.3 Å². The minimum atomic E-state index is 0.0241. The summed E-state index contributed by atoms with van der Waals surface area (Å²) in [4.78, 5) is 16.3. The van der Waals surface area contributed by atoms with Gasteiger partial charge in [-0.3, -0.25) is 9.69 Å². The highest BCUT2D eigenvalue weighted by atomic mass is 16.5. The van der Waals surface area contributed by atoms with Gasteiger partial charge >= 0.3 is 0 Å². The lowest BCUT2D eigenvalue weighted by molar-refractivity contribution is -0.127. The summed E-state index contributed by atoms with van der Waals surface area (Å²) in [5, 5.41) is 4.01. The molecule has 6 nitrogen and oxygen atoms in total. The molecule has 1 aliphatic heterocycles. The lowest BCUT2D eigenvalue weighted by Gasteiger charge is -2.33. The average Bonchev–Trinajstić information content (AvgIpc) is 3.14. The van der Waals surface area contributed by atoms with E-state index < -0.39 is 0 Å². The number of carbonyl (C=O) groups is 1. The van der Waals surface area contributed by atoms with Crippen LogP contribution in [-0.2, 0) is 11.3 Å². The van der Waals surface area contributed by atoms with Crippen molar-refractivity contribution in [1.82, 2.24) is 15.0 Å². The quantitative estimate of drug-likeness (QED) is 0.810. The third-order valence-corrected chi connectivity index (χ3v) is 3.90. The number of piperazine rings is 1. The van der Waals surface area contributed by atoms with Crippen molar-refractivity contribution < 1.29 is 13.7 Å². The summed E-state index contributed by atoms with van der Waals surface area (Å²) in [6.07, 6.45) is 3.30. The number of carbonyl (C=O) groups excluding carboxylic acids is 1. The van der Waals surface area contributed by atoms with Crippen LogP contribution in [0.5, 0.6) is 0 Å². The van der Waals surface area contributed by atoms with Crippen LogP contribution in [0, 0.1) is 13.8 Å². The zero-order chi connectivity index (χ0) is 16.2. The summed E-state index contributed by atoms with van der Waals surface area (Å²) >= 11 is 0. The normalized spacial score (nSPS) is 16.3. The highest BCUT2D eigenvalue weighted by Gasteiger charge is 2.20. The Balaban J connectivity index is 1.48. The molecule has 2 aromatic rings. The summed E-state index contributed by atoms with van der Waals surface area (Å²) in [6, 6.07) is 5.69. The zero-order valence-corrected chi connectivity index (χ0v) is 13.5. The molecule has 2 aromatic heterocycles. The number of amides is 1. The summed E-state index contributed by atoms with van der Waals surface area (Å²) in [7, 11) is 0. The first-order chi connectivity index (χ1) is 11.1. The first kappa shape index (κ1) is 15.6. The van der Waals surface area contributed by atoms with Gasteiger partial charge in [-0.15, -0.1) is 0 Å². The van der Waals surface area contributed by atoms with Crippen molar-refractivity contribution in [2.24, 2.45) is 0 Å². The van der Waals surface area contributed by atoms with E-state index in [1.165, 1.54) is 0 Å². The summed E-state index contributed by atoms with van der Waals surface area (Å²) in [5.74, 6) is 2.40. The van der Waals surface area contributed by atoms with Gasteiger partial charge in [0.25, 0.3) is 0 Å². The van der Waals surface area contributed by atoms with Gasteiger partial charge in [0.15, 0.2) is 0 Å². The minimum absolute atomic E-state index is 0.0241. The third-order valence-electron chi connectivity index (χ3n) is 3.90. The van der Waals surface area contributed by atoms with Gasteiger partial charge in [-0.1, -0.05) is 5.16 Å². The van der Waals surface area contributed by atoms with E-state index in [9.17, 15) is 4.79 Å². The monoisotopic (exact) mass is 315 g/mol. The molecule has 1 amide bonds. The lowest BCUT2D eigenvalue weighted by Crippen LogP contribution is -2.47. The van der Waals surface area contributed by atoms with Crippen LogP contribution in [0.15, 0.2) is 33.2 Å². The second kappa shape index (κ2) is 6.83. The van der Waals surface area contributed by atoms with Crippen molar-refractivity contribution in [1.29, 1.82) is 0 Å². The maximum atomic E-state index is 12.2. The van der Waals surface area contributed by atoms with E-state index in [2.05, 4.69) is 10.1 Å². The van der Waals surface area contributed by atoms with E-state index in [0.717, 1.165) is 49.9 Å². The Morgan fingerprint density at radius 3 is 2.61 bits per heavy atom. The molecule has 23 heavy (non-hydrogen) atoms. The van der Waals surface area contributed by atoms with Gasteiger partial charge in [0.05, 0.1) is 5.69 Å². The molecule has 0 atom stereocenters. The molecule has 3 rings (SSSR count). The molecular formula is C17H21N3O3. The molecule has 0 aromatic carbocycles. The standard InChI is InChI=1S/C17H21N3O3/c1-13-3-4-16(22-13)5-6-17(21)20-9-7-19(8-10-20)12-15-11-14(2)23-18-15/h3-6,11H,7-10,12H2,1-2H3/b6-5-. The number of nitrogens with zero attached hydrogens (tertiary/aromatic N) is 3. The van der Waals surface area contributed by atoms with E-state index in [0.29, 0.717) is 5.76 Å². The Morgan fingerprint density at radius 2 is 2.00 bits per heavy atom. The van der Waals surface area contributed by atoms with Crippen molar-refractivity contribution in [2.45, 2.75) is 20.4 Å². The first-order valence-electron chi connectivity index (χ1n) is 7.78. The van der Waals surface area contributed by atoms with Crippen LogP contribution in [0.2, 0.25) is 0 Å². The van der Waals surface area contributed by atoms with Crippen LogP contribution < -0.4 is 0 Å². The Hall–Kier alpha value is -2.34. The molecule has 0 N–H and O–H groups in total. The maximum Gasteiger partial charge on any atom is 0.246 e. The fraction of sp³-hybridized carbons (Fsp3) is 0.412. The first-order valence-corrected chi connectivity index (χ1v) is 7.78. The van der Waals surface area contributed by atoms with E-state index in [-0.39, 0.29) is 5.91 Å². The predicted molar refractivity (Wildman–Crippen MR) is 85.6 cm³/mol. The fourth-order valence-electron chi connectivity index (χ4n) is 2.65. The van der Waals surface area contributed by atoms with E-state index in [1.807, 2.05) is 36.9 Å². The van der Waals surface area contributed by atoms with Crippen LogP contribution in [0.25, 0.3) is 6.08 Å². The van der Waals surface area contributed by atoms with Crippen molar-refractivity contribution >= 4 is 12.0 Å². The van der Waals surface area contributed by atoms with Crippen LogP contribution in [0.4, 0.5) is 0 Å². The summed E-state index contributed by atoms with van der Waals surface area (Å²) in [5.41, 5.74) is 0.940. The molecule has 3 heterocycles. The molecule has 6 heteroatoms. The number of hydrogen-bond acceptors (Lipinski definition) is 5. The van der Waals surface area contributed by atoms with E-state index in [4.69, 9.17) is 8.94 Å². The molecule has 0 saturated carbocycles. The lowest BCUT2D eigenvalue weighted by atomic mass is 10.2. The SMILES string of the molecule is Cc1cc(CN2CCN(C(=O)/C=C\c3ccc(C)o3)CC2)no1. The van der Waals surface area contributed by atoms with Crippen molar-refractivity contribution in [3.05, 3.63) is 47.2 Å². The summed E-state index contributed by atoms with van der Waals surface area (Å²) in [6.45, 7) is 7.65. The van der Waals surface area contributed by atoms with Crippen LogP contribution in [0.3, 0.4) is 0 Å². The molecular weight excluding hydrogens is 294 g/mol. The van der Waals surface area contributed by atoms with Crippen LogP contribution in [0.1, 0.15) is 23.0 Å². The minimum Gasteiger partial charge on any atom is -0.462 e. The molecule has 0 unspecified atom stereocenters. The number of aryl methyl sites for hydroxylation is 2. The highest BCUT2D eigenvalue weighted by Crippen LogP contribution is 2.11. The average molecular weight is 315 g/mol. The molecule has 1 fully saturated rings. The number of hydrogen-bond donors (Lipinski definition) is 0. The second-order valence-corrected chi connectivity index (χ2v) is 5.81. The van der Waals surface area contributed by atoms with Gasteiger partial charge in [-0.25, -0.2) is 0 Å². The highest BCUT2D eigenvalue weighted by molar-refractivity contribution is 5.91. The Kier molecular flexibility index (Phi) is 4.62. The van der Waals surface area contributed by atoms with Crippen molar-refractivity contribution in [3.8, 4) is 0 Å². The van der Waals surface area contributed by atoms with E-state index in [1.54, 1.807) is 12.2 Å². The molecule has 122 valence electrons. The third kappa shape index (κ3) is 4.10. The molecule has 0 radical (unpaired) electrons. The smallest absolute Gasteiger partial charge is 0.246 e. The molecule has 1 aliphatic rings. The van der Waals surface area contributed by atoms with E-state index >= 15 is 0 Å². The molecule has 1 saturated heterocycles. The summed E-state index contributed by atoms with van der Waals surface area (Å²) < 4.78 is 10.5. The van der Waals surface area contributed by atoms with Crippen molar-refractivity contribution in [2.75, 3.05) is 26.2 Å². The van der Waals surface area contributed by atoms with Crippen molar-refractivity contribution in [3.63, 3.8) is 0 Å². The Bertz CT molecular complexity index is 694. The molecule has 0 aliphatic carbocycles. The van der Waals surface area contributed by atoms with Gasteiger partial charge in [-0.2, -0.15) is 0 Å². The Labute approximate surface area is 135 Å². The topological polar surface area (TPSA) is 62.7 Å². The van der Waals surface area contributed by atoms with Gasteiger partial charge < -0.3 is 13.8 Å². The van der Waals surface area contributed by atoms with Crippen LogP contribution >= 0.6 is 0 Å². The van der Waals surface area contributed by atoms with Crippen LogP contribution in [-0.4, -0.2) is 47.0 Å². The number of aromatic nitrogens is 1. The van der Waals surface area contributed by atoms with Gasteiger partial charge in [0.2, 0.25) is 5.91 Å². The molecule has 0 spiro atoms. The second-order valence-electron chi connectivity index (χ2n) is 5.81. The number of furan rings is 1. The Morgan fingerprint density at radius 1 is 1.22 bits per heavy atom. The molecule has 0 bridgehead atoms. The maximum absolute atomic E-state index is 12.2. The number of rotatable bonds is 4. The largest absolute Gasteiger partial charge is 0.462 e.